The van der Waals surface area contributed by atoms with Gasteiger partial charge in [0.1, 0.15) is 0 Å². The van der Waals surface area contributed by atoms with Crippen molar-refractivity contribution in [2.45, 2.75) is 64.0 Å². The highest BCUT2D eigenvalue weighted by molar-refractivity contribution is 5.77. The zero-order valence-electron chi connectivity index (χ0n) is 13.2. The van der Waals surface area contributed by atoms with Gasteiger partial charge in [-0.3, -0.25) is 4.79 Å². The Balaban J connectivity index is 1.99. The molecule has 0 aromatic heterocycles. The Morgan fingerprint density at radius 1 is 1.38 bits per heavy atom. The normalized spacial score (nSPS) is 21.3. The van der Waals surface area contributed by atoms with Crippen molar-refractivity contribution in [3.63, 3.8) is 0 Å². The fourth-order valence-electron chi connectivity index (χ4n) is 3.35. The van der Waals surface area contributed by atoms with Gasteiger partial charge in [-0.2, -0.15) is 0 Å². The SMILES string of the molecule is CCC(CC(=O)N1CCCC1CC(C)O)c1ccccc1. The lowest BCUT2D eigenvalue weighted by Crippen LogP contribution is -2.37. The summed E-state index contributed by atoms with van der Waals surface area (Å²) in [5.74, 6) is 0.542. The highest BCUT2D eigenvalue weighted by Crippen LogP contribution is 2.28. The van der Waals surface area contributed by atoms with E-state index in [1.807, 2.05) is 23.1 Å². The van der Waals surface area contributed by atoms with Crippen molar-refractivity contribution in [2.24, 2.45) is 0 Å². The monoisotopic (exact) mass is 289 g/mol. The summed E-state index contributed by atoms with van der Waals surface area (Å²) in [6, 6.07) is 10.5. The van der Waals surface area contributed by atoms with Crippen LogP contribution in [0.15, 0.2) is 30.3 Å². The highest BCUT2D eigenvalue weighted by Gasteiger charge is 2.30. The van der Waals surface area contributed by atoms with Crippen LogP contribution in [0.2, 0.25) is 0 Å². The first-order chi connectivity index (χ1) is 10.1. The Hall–Kier alpha value is -1.35. The van der Waals surface area contributed by atoms with Gasteiger partial charge in [-0.15, -0.1) is 0 Å². The summed E-state index contributed by atoms with van der Waals surface area (Å²) in [4.78, 5) is 14.6. The quantitative estimate of drug-likeness (QED) is 0.872. The van der Waals surface area contributed by atoms with E-state index in [2.05, 4.69) is 19.1 Å². The first kappa shape index (κ1) is 16.0. The van der Waals surface area contributed by atoms with Gasteiger partial charge in [0.05, 0.1) is 6.10 Å². The minimum atomic E-state index is -0.334. The highest BCUT2D eigenvalue weighted by atomic mass is 16.3. The van der Waals surface area contributed by atoms with Crippen LogP contribution in [0.5, 0.6) is 0 Å². The molecule has 0 aliphatic carbocycles. The third-order valence-electron chi connectivity index (χ3n) is 4.50. The smallest absolute Gasteiger partial charge is 0.223 e. The van der Waals surface area contributed by atoms with Crippen molar-refractivity contribution in [3.8, 4) is 0 Å². The molecule has 1 aromatic carbocycles. The van der Waals surface area contributed by atoms with Crippen molar-refractivity contribution in [1.29, 1.82) is 0 Å². The van der Waals surface area contributed by atoms with Crippen molar-refractivity contribution in [3.05, 3.63) is 35.9 Å². The molecule has 0 radical (unpaired) electrons. The van der Waals surface area contributed by atoms with Crippen LogP contribution >= 0.6 is 0 Å². The second-order valence-electron chi connectivity index (χ2n) is 6.19. The van der Waals surface area contributed by atoms with Crippen molar-refractivity contribution < 1.29 is 9.90 Å². The fourth-order valence-corrected chi connectivity index (χ4v) is 3.35. The average molecular weight is 289 g/mol. The van der Waals surface area contributed by atoms with Gasteiger partial charge in [-0.1, -0.05) is 37.3 Å². The molecule has 116 valence electrons. The summed E-state index contributed by atoms with van der Waals surface area (Å²) in [6.45, 7) is 4.80. The van der Waals surface area contributed by atoms with Crippen LogP contribution in [0.4, 0.5) is 0 Å². The minimum absolute atomic E-state index is 0.228. The molecule has 1 aliphatic rings. The Morgan fingerprint density at radius 2 is 2.10 bits per heavy atom. The lowest BCUT2D eigenvalue weighted by molar-refractivity contribution is -0.132. The summed E-state index contributed by atoms with van der Waals surface area (Å²) < 4.78 is 0. The van der Waals surface area contributed by atoms with E-state index in [-0.39, 0.29) is 18.1 Å². The number of aliphatic hydroxyl groups is 1. The summed E-state index contributed by atoms with van der Waals surface area (Å²) in [5, 5.41) is 9.58. The molecule has 3 unspecified atom stereocenters. The van der Waals surface area contributed by atoms with Gasteiger partial charge < -0.3 is 10.0 Å². The van der Waals surface area contributed by atoms with Crippen LogP contribution in [0.1, 0.15) is 57.4 Å². The largest absolute Gasteiger partial charge is 0.393 e. The van der Waals surface area contributed by atoms with Crippen LogP contribution < -0.4 is 0 Å². The number of aliphatic hydroxyl groups excluding tert-OH is 1. The van der Waals surface area contributed by atoms with Crippen molar-refractivity contribution in [2.75, 3.05) is 6.54 Å². The number of nitrogens with zero attached hydrogens (tertiary/aromatic N) is 1. The molecular weight excluding hydrogens is 262 g/mol. The summed E-state index contributed by atoms with van der Waals surface area (Å²) in [7, 11) is 0. The van der Waals surface area contributed by atoms with Gasteiger partial charge in [0.25, 0.3) is 0 Å². The Morgan fingerprint density at radius 3 is 2.71 bits per heavy atom. The number of amides is 1. The van der Waals surface area contributed by atoms with E-state index in [1.54, 1.807) is 6.92 Å². The molecule has 0 spiro atoms. The fraction of sp³-hybridized carbons (Fsp3) is 0.611. The van der Waals surface area contributed by atoms with Gasteiger partial charge in [0.2, 0.25) is 5.91 Å². The maximum absolute atomic E-state index is 12.6. The van der Waals surface area contributed by atoms with E-state index in [0.29, 0.717) is 18.8 Å². The maximum Gasteiger partial charge on any atom is 0.223 e. The maximum atomic E-state index is 12.6. The lowest BCUT2D eigenvalue weighted by atomic mass is 9.92. The van der Waals surface area contributed by atoms with E-state index >= 15 is 0 Å². The molecule has 1 N–H and O–H groups in total. The molecule has 1 fully saturated rings. The molecule has 1 saturated heterocycles. The van der Waals surface area contributed by atoms with E-state index in [0.717, 1.165) is 25.8 Å². The molecule has 3 heteroatoms. The number of likely N-dealkylation sites (tertiary alicyclic amines) is 1. The van der Waals surface area contributed by atoms with Gasteiger partial charge in [-0.05, 0) is 44.1 Å². The number of carbonyl (C=O) groups excluding carboxylic acids is 1. The van der Waals surface area contributed by atoms with Crippen LogP contribution in [0.3, 0.4) is 0 Å². The molecule has 21 heavy (non-hydrogen) atoms. The average Bonchev–Trinajstić information content (AvgIpc) is 2.93. The van der Waals surface area contributed by atoms with E-state index in [9.17, 15) is 9.90 Å². The molecule has 3 atom stereocenters. The van der Waals surface area contributed by atoms with Gasteiger partial charge in [-0.25, -0.2) is 0 Å². The molecule has 1 heterocycles. The topological polar surface area (TPSA) is 40.5 Å². The third kappa shape index (κ3) is 4.31. The number of rotatable bonds is 6. The number of hydrogen-bond donors (Lipinski definition) is 1. The second kappa shape index (κ2) is 7.60. The summed E-state index contributed by atoms with van der Waals surface area (Å²) in [6.07, 6.45) is 4.01. The van der Waals surface area contributed by atoms with Gasteiger partial charge >= 0.3 is 0 Å². The minimum Gasteiger partial charge on any atom is -0.393 e. The molecule has 0 bridgehead atoms. The predicted octanol–water partition coefficient (Wildman–Crippen LogP) is 3.33. The zero-order valence-corrected chi connectivity index (χ0v) is 13.2. The van der Waals surface area contributed by atoms with E-state index in [1.165, 1.54) is 5.56 Å². The molecule has 1 aromatic rings. The Kier molecular flexibility index (Phi) is 5.80. The van der Waals surface area contributed by atoms with Crippen molar-refractivity contribution >= 4 is 5.91 Å². The molecule has 3 nitrogen and oxygen atoms in total. The molecule has 2 rings (SSSR count). The van der Waals surface area contributed by atoms with E-state index < -0.39 is 0 Å². The van der Waals surface area contributed by atoms with Crippen LogP contribution in [-0.2, 0) is 4.79 Å². The first-order valence-corrected chi connectivity index (χ1v) is 8.14. The predicted molar refractivity (Wildman–Crippen MR) is 85.1 cm³/mol. The van der Waals surface area contributed by atoms with Crippen LogP contribution in [-0.4, -0.2) is 34.6 Å². The van der Waals surface area contributed by atoms with Gasteiger partial charge in [0, 0.05) is 19.0 Å². The van der Waals surface area contributed by atoms with Crippen LogP contribution in [0.25, 0.3) is 0 Å². The standard InChI is InChI=1S/C18H27NO2/c1-3-15(16-8-5-4-6-9-16)13-18(21)19-11-7-10-17(19)12-14(2)20/h4-6,8-9,14-15,17,20H,3,7,10-13H2,1-2H3. The third-order valence-corrected chi connectivity index (χ3v) is 4.50. The second-order valence-corrected chi connectivity index (χ2v) is 6.19. The molecule has 1 amide bonds. The summed E-state index contributed by atoms with van der Waals surface area (Å²) >= 11 is 0. The molecular formula is C18H27NO2. The van der Waals surface area contributed by atoms with Crippen LogP contribution in [0, 0.1) is 0 Å². The zero-order chi connectivity index (χ0) is 15.2. The lowest BCUT2D eigenvalue weighted by Gasteiger charge is -2.27. The summed E-state index contributed by atoms with van der Waals surface area (Å²) in [5.41, 5.74) is 1.25. The molecule has 1 aliphatic heterocycles. The Bertz CT molecular complexity index is 444. The first-order valence-electron chi connectivity index (χ1n) is 8.14. The van der Waals surface area contributed by atoms with Crippen molar-refractivity contribution in [1.82, 2.24) is 4.90 Å². The number of benzene rings is 1. The number of carbonyl (C=O) groups is 1. The molecule has 0 saturated carbocycles. The number of hydrogen-bond acceptors (Lipinski definition) is 2. The Labute approximate surface area is 128 Å². The van der Waals surface area contributed by atoms with Gasteiger partial charge in [0.15, 0.2) is 0 Å². The van der Waals surface area contributed by atoms with E-state index in [4.69, 9.17) is 0 Å².